The summed E-state index contributed by atoms with van der Waals surface area (Å²) < 4.78 is 39.3. The maximum absolute atomic E-state index is 13.2. The van der Waals surface area contributed by atoms with Gasteiger partial charge in [-0.3, -0.25) is 9.59 Å². The average molecular weight is 603 g/mol. The van der Waals surface area contributed by atoms with Gasteiger partial charge in [-0.25, -0.2) is 18.1 Å². The molecule has 2 heterocycles. The van der Waals surface area contributed by atoms with Crippen LogP contribution in [0, 0.1) is 0 Å². The summed E-state index contributed by atoms with van der Waals surface area (Å²) >= 11 is 0. The number of ether oxygens (including phenoxy) is 2. The molecule has 0 radical (unpaired) electrons. The van der Waals surface area contributed by atoms with E-state index in [9.17, 15) is 18.0 Å². The lowest BCUT2D eigenvalue weighted by molar-refractivity contribution is -0.129. The van der Waals surface area contributed by atoms with E-state index in [-0.39, 0.29) is 17.4 Å². The highest BCUT2D eigenvalue weighted by Gasteiger charge is 2.34. The second-order valence-corrected chi connectivity index (χ2v) is 12.0. The highest BCUT2D eigenvalue weighted by molar-refractivity contribution is 7.90. The van der Waals surface area contributed by atoms with Gasteiger partial charge in [0.2, 0.25) is 5.91 Å². The Bertz CT molecular complexity index is 1700. The van der Waals surface area contributed by atoms with Gasteiger partial charge in [0.15, 0.2) is 0 Å². The summed E-state index contributed by atoms with van der Waals surface area (Å²) in [6.45, 7) is 2.26. The molecule has 3 N–H and O–H groups in total. The molecule has 0 spiro atoms. The second-order valence-electron chi connectivity index (χ2n) is 10.3. The molecule has 4 aromatic rings. The highest BCUT2D eigenvalue weighted by Crippen LogP contribution is 2.33. The van der Waals surface area contributed by atoms with Crippen molar-refractivity contribution in [2.45, 2.75) is 49.3 Å². The maximum Gasteiger partial charge on any atom is 0.264 e. The van der Waals surface area contributed by atoms with E-state index in [0.717, 1.165) is 22.2 Å². The number of benzene rings is 3. The Balaban J connectivity index is 1.28. The van der Waals surface area contributed by atoms with Gasteiger partial charge in [-0.05, 0) is 30.7 Å². The molecule has 0 aliphatic carbocycles. The number of rotatable bonds is 11. The predicted molar refractivity (Wildman–Crippen MR) is 163 cm³/mol. The maximum atomic E-state index is 13.2. The minimum absolute atomic E-state index is 0.0279. The first-order valence-corrected chi connectivity index (χ1v) is 15.6. The number of carbonyl (C=O) groups excluding carboxylic acids is 2. The van der Waals surface area contributed by atoms with Crippen molar-refractivity contribution in [2.24, 2.45) is 0 Å². The number of hydrogen-bond acceptors (Lipinski definition) is 8. The number of aromatic nitrogens is 1. The van der Waals surface area contributed by atoms with E-state index in [1.807, 2.05) is 61.5 Å². The molecule has 2 amide bonds. The van der Waals surface area contributed by atoms with E-state index in [1.165, 1.54) is 12.1 Å². The molecule has 1 saturated heterocycles. The van der Waals surface area contributed by atoms with Crippen molar-refractivity contribution in [3.8, 4) is 22.8 Å². The number of amides is 2. The lowest BCUT2D eigenvalue weighted by Gasteiger charge is -2.20. The smallest absolute Gasteiger partial charge is 0.264 e. The molecule has 1 unspecified atom stereocenters. The molecule has 3 aromatic carbocycles. The monoisotopic (exact) mass is 602 g/mol. The number of methoxy groups -OCH3 is 1. The Hall–Kier alpha value is -4.48. The molecule has 11 heteroatoms. The summed E-state index contributed by atoms with van der Waals surface area (Å²) in [6.07, 6.45) is 0.874. The van der Waals surface area contributed by atoms with Crippen molar-refractivity contribution in [3.63, 3.8) is 0 Å². The summed E-state index contributed by atoms with van der Waals surface area (Å²) in [4.78, 5) is 30.9. The van der Waals surface area contributed by atoms with E-state index in [2.05, 4.69) is 15.4 Å². The lowest BCUT2D eigenvalue weighted by atomic mass is 10.1. The van der Waals surface area contributed by atoms with Crippen LogP contribution in [0.5, 0.6) is 11.5 Å². The Kier molecular flexibility index (Phi) is 9.22. The second kappa shape index (κ2) is 13.2. The number of nitrogens with zero attached hydrogens (tertiary/aromatic N) is 1. The van der Waals surface area contributed by atoms with Gasteiger partial charge < -0.3 is 20.1 Å². The van der Waals surface area contributed by atoms with Crippen molar-refractivity contribution >= 4 is 32.7 Å². The van der Waals surface area contributed by atoms with Crippen molar-refractivity contribution in [2.75, 3.05) is 13.7 Å². The van der Waals surface area contributed by atoms with Crippen molar-refractivity contribution in [1.82, 2.24) is 20.3 Å². The molecule has 1 aliphatic rings. The van der Waals surface area contributed by atoms with E-state index >= 15 is 0 Å². The van der Waals surface area contributed by atoms with Gasteiger partial charge in [0.25, 0.3) is 15.9 Å². The van der Waals surface area contributed by atoms with Gasteiger partial charge in [0.1, 0.15) is 23.6 Å². The molecule has 1 aromatic heterocycles. The first-order chi connectivity index (χ1) is 20.8. The molecular formula is C32H34N4O6S. The number of fused-ring (bicyclic) bond motifs is 1. The van der Waals surface area contributed by atoms with Crippen LogP contribution in [0.25, 0.3) is 22.2 Å². The zero-order valence-corrected chi connectivity index (χ0v) is 24.8. The van der Waals surface area contributed by atoms with Crippen LogP contribution in [0.4, 0.5) is 0 Å². The fourth-order valence-electron chi connectivity index (χ4n) is 5.02. The van der Waals surface area contributed by atoms with Crippen LogP contribution in [-0.4, -0.2) is 57.1 Å². The van der Waals surface area contributed by atoms with Crippen LogP contribution in [0.2, 0.25) is 0 Å². The molecule has 0 bridgehead atoms. The van der Waals surface area contributed by atoms with E-state index in [1.54, 1.807) is 25.3 Å². The third-order valence-corrected chi connectivity index (χ3v) is 8.61. The van der Waals surface area contributed by atoms with Crippen LogP contribution in [0.3, 0.4) is 0 Å². The first-order valence-electron chi connectivity index (χ1n) is 14.1. The predicted octanol–water partition coefficient (Wildman–Crippen LogP) is 3.81. The number of nitrogens with one attached hydrogen (secondary N) is 3. The first kappa shape index (κ1) is 30.0. The van der Waals surface area contributed by atoms with Gasteiger partial charge in [-0.2, -0.15) is 0 Å². The number of hydrogen-bond donors (Lipinski definition) is 3. The average Bonchev–Trinajstić information content (AvgIpc) is 3.49. The summed E-state index contributed by atoms with van der Waals surface area (Å²) in [5.41, 5.74) is 2.40. The quantitative estimate of drug-likeness (QED) is 0.236. The molecule has 10 nitrogen and oxygen atoms in total. The van der Waals surface area contributed by atoms with E-state index < -0.39 is 33.9 Å². The fraction of sp³-hybridized carbons (Fsp3) is 0.281. The van der Waals surface area contributed by atoms with Gasteiger partial charge in [0.05, 0.1) is 29.3 Å². The zero-order valence-electron chi connectivity index (χ0n) is 23.9. The minimum atomic E-state index is -4.07. The molecule has 1 aliphatic heterocycles. The molecule has 43 heavy (non-hydrogen) atoms. The van der Waals surface area contributed by atoms with Crippen molar-refractivity contribution in [3.05, 3.63) is 84.9 Å². The molecular weight excluding hydrogens is 568 g/mol. The van der Waals surface area contributed by atoms with Crippen LogP contribution >= 0.6 is 0 Å². The standard InChI is InChI=1S/C32H34N4O6S/c1-3-10-26(32(38)36-43(39,40)24-13-8-5-9-14-24)35-31(37)29-18-23(20-33-29)42-30-19-27(21-11-6-4-7-12-21)34-28-17-22(41-2)15-16-25(28)30/h4-9,11-17,19,23,26,29,33H,3,10,18,20H2,1-2H3,(H,35,37)(H,36,38)/t23?,26-,29-/m0/s1. The number of pyridine rings is 1. The Morgan fingerprint density at radius 3 is 2.44 bits per heavy atom. The molecule has 1 fully saturated rings. The zero-order chi connectivity index (χ0) is 30.4. The lowest BCUT2D eigenvalue weighted by Crippen LogP contribution is -2.52. The van der Waals surface area contributed by atoms with Crippen molar-refractivity contribution in [1.29, 1.82) is 0 Å². The molecule has 5 rings (SSSR count). The van der Waals surface area contributed by atoms with E-state index in [4.69, 9.17) is 14.5 Å². The van der Waals surface area contributed by atoms with Gasteiger partial charge >= 0.3 is 0 Å². The van der Waals surface area contributed by atoms with Crippen LogP contribution < -0.4 is 24.8 Å². The van der Waals surface area contributed by atoms with Crippen molar-refractivity contribution < 1.29 is 27.5 Å². The third-order valence-electron chi connectivity index (χ3n) is 7.25. The fourth-order valence-corrected chi connectivity index (χ4v) is 6.06. The minimum Gasteiger partial charge on any atom is -0.497 e. The molecule has 3 atom stereocenters. The third kappa shape index (κ3) is 7.12. The Morgan fingerprint density at radius 2 is 1.74 bits per heavy atom. The highest BCUT2D eigenvalue weighted by atomic mass is 32.2. The summed E-state index contributed by atoms with van der Waals surface area (Å²) in [6, 6.07) is 23.3. The summed E-state index contributed by atoms with van der Waals surface area (Å²) in [5.74, 6) is 0.134. The van der Waals surface area contributed by atoms with Gasteiger partial charge in [-0.1, -0.05) is 61.9 Å². The largest absolute Gasteiger partial charge is 0.497 e. The molecule has 224 valence electrons. The summed E-state index contributed by atoms with van der Waals surface area (Å²) in [7, 11) is -2.46. The van der Waals surface area contributed by atoms with Crippen LogP contribution in [0.1, 0.15) is 26.2 Å². The number of sulfonamides is 1. The SMILES string of the molecule is CCC[C@H](NC(=O)[C@@H]1CC(Oc2cc(-c3ccccc3)nc3cc(OC)ccc23)CN1)C(=O)NS(=O)(=O)c1ccccc1. The topological polar surface area (TPSA) is 136 Å². The van der Waals surface area contributed by atoms with Crippen LogP contribution in [0.15, 0.2) is 89.8 Å². The normalized spacial score (nSPS) is 17.3. The van der Waals surface area contributed by atoms with E-state index in [0.29, 0.717) is 30.9 Å². The van der Waals surface area contributed by atoms with Gasteiger partial charge in [-0.15, -0.1) is 0 Å². The Morgan fingerprint density at radius 1 is 1.02 bits per heavy atom. The summed E-state index contributed by atoms with van der Waals surface area (Å²) in [5, 5.41) is 6.72. The Labute approximate surface area is 250 Å². The van der Waals surface area contributed by atoms with Gasteiger partial charge in [0, 0.05) is 36.0 Å². The van der Waals surface area contributed by atoms with Crippen LogP contribution in [-0.2, 0) is 19.6 Å². The number of carbonyl (C=O) groups is 2. The molecule has 0 saturated carbocycles.